The van der Waals surface area contributed by atoms with Crippen LogP contribution < -0.4 is 16.4 Å². The number of rotatable bonds is 6. The van der Waals surface area contributed by atoms with E-state index in [-0.39, 0.29) is 12.8 Å². The minimum Gasteiger partial charge on any atom is -0.480 e. The molecule has 10 heteroatoms. The summed E-state index contributed by atoms with van der Waals surface area (Å²) in [6.45, 7) is 0. The number of carbonyl (C=O) groups excluding carboxylic acids is 2. The van der Waals surface area contributed by atoms with E-state index in [1.807, 2.05) is 0 Å². The van der Waals surface area contributed by atoms with Gasteiger partial charge in [-0.05, 0) is 18.6 Å². The third-order valence-corrected chi connectivity index (χ3v) is 4.19. The Morgan fingerprint density at radius 3 is 2.68 bits per heavy atom. The topological polar surface area (TPSA) is 159 Å². The quantitative estimate of drug-likeness (QED) is 0.387. The van der Waals surface area contributed by atoms with Crippen LogP contribution in [0.15, 0.2) is 0 Å². The van der Waals surface area contributed by atoms with Gasteiger partial charge in [-0.2, -0.15) is 11.8 Å². The van der Waals surface area contributed by atoms with Crippen LogP contribution in [-0.2, 0) is 19.2 Å². The summed E-state index contributed by atoms with van der Waals surface area (Å²) >= 11 is 1.38. The van der Waals surface area contributed by atoms with Crippen LogP contribution in [0.3, 0.4) is 0 Å². The molecule has 2 amide bonds. The summed E-state index contributed by atoms with van der Waals surface area (Å²) in [7, 11) is 0. The number of nitrogens with two attached hydrogens (primary N) is 1. The van der Waals surface area contributed by atoms with Crippen LogP contribution in [0.4, 0.5) is 0 Å². The first-order chi connectivity index (χ1) is 10.3. The van der Waals surface area contributed by atoms with E-state index in [1.165, 1.54) is 11.8 Å². The molecule has 0 saturated carbocycles. The fourth-order valence-electron chi connectivity index (χ4n) is 1.79. The second kappa shape index (κ2) is 8.59. The highest BCUT2D eigenvalue weighted by Gasteiger charge is 2.28. The van der Waals surface area contributed by atoms with E-state index in [2.05, 4.69) is 10.6 Å². The smallest absolute Gasteiger partial charge is 0.326 e. The molecule has 1 saturated heterocycles. The Morgan fingerprint density at radius 2 is 2.09 bits per heavy atom. The van der Waals surface area contributed by atoms with E-state index in [0.29, 0.717) is 17.9 Å². The van der Waals surface area contributed by atoms with E-state index < -0.39 is 41.9 Å². The summed E-state index contributed by atoms with van der Waals surface area (Å²) in [6.07, 6.45) is 0.157. The van der Waals surface area contributed by atoms with Gasteiger partial charge in [-0.3, -0.25) is 14.4 Å². The van der Waals surface area contributed by atoms with Crippen LogP contribution in [0, 0.1) is 0 Å². The van der Waals surface area contributed by atoms with Crippen LogP contribution in [0.5, 0.6) is 0 Å². The van der Waals surface area contributed by atoms with Crippen molar-refractivity contribution in [3.8, 4) is 0 Å². The molecular weight excluding hydrogens is 314 g/mol. The number of thioether (sulfide) groups is 1. The monoisotopic (exact) mass is 333 g/mol. The lowest BCUT2D eigenvalue weighted by atomic mass is 10.1. The maximum absolute atomic E-state index is 11.9. The number of carbonyl (C=O) groups is 4. The summed E-state index contributed by atoms with van der Waals surface area (Å²) in [5.41, 5.74) is 5.29. The maximum atomic E-state index is 11.9. The molecule has 1 aliphatic rings. The Bertz CT molecular complexity index is 458. The number of amides is 2. The molecule has 0 spiro atoms. The van der Waals surface area contributed by atoms with E-state index in [1.54, 1.807) is 0 Å². The van der Waals surface area contributed by atoms with Gasteiger partial charge in [0, 0.05) is 12.2 Å². The largest absolute Gasteiger partial charge is 0.480 e. The van der Waals surface area contributed by atoms with Gasteiger partial charge in [-0.25, -0.2) is 4.79 Å². The molecule has 22 heavy (non-hydrogen) atoms. The molecule has 1 aliphatic heterocycles. The van der Waals surface area contributed by atoms with E-state index in [4.69, 9.17) is 15.9 Å². The second-order valence-electron chi connectivity index (χ2n) is 4.87. The number of aliphatic carboxylic acids is 2. The molecule has 0 aromatic heterocycles. The van der Waals surface area contributed by atoms with Gasteiger partial charge in [0.2, 0.25) is 11.8 Å². The minimum absolute atomic E-state index is 0.0413. The molecule has 9 nitrogen and oxygen atoms in total. The maximum Gasteiger partial charge on any atom is 0.326 e. The lowest BCUT2D eigenvalue weighted by Gasteiger charge is -2.24. The molecule has 124 valence electrons. The molecule has 1 rings (SSSR count). The standard InChI is InChI=1S/C12H19N3O6S/c13-6(11(18)19)1-2-9(16)14-8-5-22-4-3-7(12(20)21)15-10(8)17/h6-8H,1-5,13H2,(H,14,16)(H,15,17)(H,18,19)(H,20,21)/t6-,7?,8-/m0/s1. The van der Waals surface area contributed by atoms with Crippen molar-refractivity contribution in [1.82, 2.24) is 10.6 Å². The predicted molar refractivity (Wildman–Crippen MR) is 78.3 cm³/mol. The highest BCUT2D eigenvalue weighted by molar-refractivity contribution is 7.99. The van der Waals surface area contributed by atoms with Crippen molar-refractivity contribution in [2.24, 2.45) is 5.73 Å². The van der Waals surface area contributed by atoms with Crippen LogP contribution >= 0.6 is 11.8 Å². The fraction of sp³-hybridized carbons (Fsp3) is 0.667. The molecular formula is C12H19N3O6S. The van der Waals surface area contributed by atoms with Crippen LogP contribution in [0.1, 0.15) is 19.3 Å². The van der Waals surface area contributed by atoms with Gasteiger partial charge < -0.3 is 26.6 Å². The van der Waals surface area contributed by atoms with Crippen molar-refractivity contribution >= 4 is 35.5 Å². The highest BCUT2D eigenvalue weighted by Crippen LogP contribution is 2.12. The van der Waals surface area contributed by atoms with Crippen LogP contribution in [-0.4, -0.2) is 63.6 Å². The Morgan fingerprint density at radius 1 is 1.41 bits per heavy atom. The van der Waals surface area contributed by atoms with Gasteiger partial charge in [0.05, 0.1) is 0 Å². The second-order valence-corrected chi connectivity index (χ2v) is 6.02. The molecule has 0 aromatic carbocycles. The Labute approximate surface area is 131 Å². The lowest BCUT2D eigenvalue weighted by Crippen LogP contribution is -2.54. The number of carboxylic acids is 2. The van der Waals surface area contributed by atoms with Gasteiger partial charge in [-0.1, -0.05) is 0 Å². The SMILES string of the molecule is N[C@@H](CCC(=O)N[C@H]1CSCCC(C(=O)O)NC1=O)C(=O)O. The van der Waals surface area contributed by atoms with Gasteiger partial charge in [-0.15, -0.1) is 0 Å². The number of nitrogens with one attached hydrogen (secondary N) is 2. The third kappa shape index (κ3) is 5.90. The van der Waals surface area contributed by atoms with Crippen molar-refractivity contribution in [3.05, 3.63) is 0 Å². The molecule has 6 N–H and O–H groups in total. The first-order valence-corrected chi connectivity index (χ1v) is 7.85. The van der Waals surface area contributed by atoms with Gasteiger partial charge in [0.1, 0.15) is 18.1 Å². The Kier molecular flexibility index (Phi) is 7.12. The van der Waals surface area contributed by atoms with Crippen molar-refractivity contribution in [2.75, 3.05) is 11.5 Å². The number of hydrogen-bond donors (Lipinski definition) is 5. The molecule has 0 bridgehead atoms. The molecule has 0 aliphatic carbocycles. The summed E-state index contributed by atoms with van der Waals surface area (Å²) < 4.78 is 0. The van der Waals surface area contributed by atoms with Crippen molar-refractivity contribution < 1.29 is 29.4 Å². The minimum atomic E-state index is -1.20. The normalized spacial score (nSPS) is 23.6. The molecule has 1 unspecified atom stereocenters. The predicted octanol–water partition coefficient (Wildman–Crippen LogP) is -1.63. The van der Waals surface area contributed by atoms with Crippen LogP contribution in [0.25, 0.3) is 0 Å². The van der Waals surface area contributed by atoms with E-state index in [0.717, 1.165) is 0 Å². The average molecular weight is 333 g/mol. The van der Waals surface area contributed by atoms with Crippen LogP contribution in [0.2, 0.25) is 0 Å². The average Bonchev–Trinajstić information content (AvgIpc) is 2.43. The van der Waals surface area contributed by atoms with Gasteiger partial charge in [0.25, 0.3) is 0 Å². The zero-order valence-electron chi connectivity index (χ0n) is 11.8. The summed E-state index contributed by atoms with van der Waals surface area (Å²) in [6, 6.07) is -2.96. The summed E-state index contributed by atoms with van der Waals surface area (Å²) in [4.78, 5) is 45.2. The summed E-state index contributed by atoms with van der Waals surface area (Å²) in [5, 5.41) is 22.4. The molecule has 0 aromatic rings. The molecule has 1 heterocycles. The van der Waals surface area contributed by atoms with Gasteiger partial charge in [0.15, 0.2) is 0 Å². The van der Waals surface area contributed by atoms with Crippen molar-refractivity contribution in [1.29, 1.82) is 0 Å². The zero-order valence-corrected chi connectivity index (χ0v) is 12.6. The molecule has 0 radical (unpaired) electrons. The molecule has 1 fully saturated rings. The van der Waals surface area contributed by atoms with Crippen molar-refractivity contribution in [3.63, 3.8) is 0 Å². The number of carboxylic acid groups (broad SMARTS) is 2. The summed E-state index contributed by atoms with van der Waals surface area (Å²) in [5.74, 6) is -2.49. The first kappa shape index (κ1) is 18.2. The Hall–Kier alpha value is -1.81. The van der Waals surface area contributed by atoms with Gasteiger partial charge >= 0.3 is 11.9 Å². The highest BCUT2D eigenvalue weighted by atomic mass is 32.2. The van der Waals surface area contributed by atoms with Crippen molar-refractivity contribution in [2.45, 2.75) is 37.4 Å². The fourth-order valence-corrected chi connectivity index (χ4v) is 2.83. The molecule has 3 atom stereocenters. The van der Waals surface area contributed by atoms with E-state index >= 15 is 0 Å². The zero-order chi connectivity index (χ0) is 16.7. The van der Waals surface area contributed by atoms with E-state index in [9.17, 15) is 19.2 Å². The lowest BCUT2D eigenvalue weighted by molar-refractivity contribution is -0.142. The third-order valence-electron chi connectivity index (χ3n) is 3.10. The Balaban J connectivity index is 2.51. The first-order valence-electron chi connectivity index (χ1n) is 6.70. The number of hydrogen-bond acceptors (Lipinski definition) is 6.